The molecule has 19 heavy (non-hydrogen) atoms. The fourth-order valence-electron chi connectivity index (χ4n) is 2.76. The predicted molar refractivity (Wildman–Crippen MR) is 82.5 cm³/mol. The van der Waals surface area contributed by atoms with Gasteiger partial charge in [0.05, 0.1) is 0 Å². The van der Waals surface area contributed by atoms with Gasteiger partial charge in [0.1, 0.15) is 0 Å². The highest BCUT2D eigenvalue weighted by Crippen LogP contribution is 2.22. The van der Waals surface area contributed by atoms with E-state index in [2.05, 4.69) is 13.8 Å². The first kappa shape index (κ1) is 18.5. The van der Waals surface area contributed by atoms with Crippen molar-refractivity contribution in [1.29, 1.82) is 0 Å². The van der Waals surface area contributed by atoms with E-state index >= 15 is 0 Å². The summed E-state index contributed by atoms with van der Waals surface area (Å²) in [5.41, 5.74) is 0. The Balaban J connectivity index is 3.53. The SMILES string of the molecule is CCCCCCCCC(CCC)CCCCC(=O)O. The molecule has 0 aromatic rings. The Bertz CT molecular complexity index is 201. The summed E-state index contributed by atoms with van der Waals surface area (Å²) >= 11 is 0. The Kier molecular flexibility index (Phi) is 13.5. The number of hydrogen-bond acceptors (Lipinski definition) is 1. The van der Waals surface area contributed by atoms with Gasteiger partial charge in [-0.3, -0.25) is 4.79 Å². The lowest BCUT2D eigenvalue weighted by Crippen LogP contribution is -2.02. The standard InChI is InChI=1S/C17H34O2/c1-3-5-6-7-8-9-13-16(12-4-2)14-10-11-15-17(18)19/h16H,3-15H2,1-2H3,(H,18,19). The molecule has 0 radical (unpaired) electrons. The Labute approximate surface area is 120 Å². The van der Waals surface area contributed by atoms with E-state index in [9.17, 15) is 4.79 Å². The van der Waals surface area contributed by atoms with Gasteiger partial charge in [0.15, 0.2) is 0 Å². The molecule has 0 rings (SSSR count). The van der Waals surface area contributed by atoms with E-state index in [4.69, 9.17) is 5.11 Å². The molecule has 114 valence electrons. The van der Waals surface area contributed by atoms with Crippen LogP contribution in [0.5, 0.6) is 0 Å². The van der Waals surface area contributed by atoms with Gasteiger partial charge in [-0.2, -0.15) is 0 Å². The first-order valence-corrected chi connectivity index (χ1v) is 8.42. The molecule has 0 aromatic carbocycles. The van der Waals surface area contributed by atoms with E-state index in [1.807, 2.05) is 0 Å². The molecular weight excluding hydrogens is 236 g/mol. The van der Waals surface area contributed by atoms with Gasteiger partial charge in [-0.15, -0.1) is 0 Å². The lowest BCUT2D eigenvalue weighted by atomic mass is 9.91. The average Bonchev–Trinajstić information content (AvgIpc) is 2.38. The normalized spacial score (nSPS) is 12.5. The van der Waals surface area contributed by atoms with Crippen LogP contribution >= 0.6 is 0 Å². The lowest BCUT2D eigenvalue weighted by molar-refractivity contribution is -0.137. The van der Waals surface area contributed by atoms with Crippen LogP contribution in [0.2, 0.25) is 0 Å². The average molecular weight is 270 g/mol. The second-order valence-corrected chi connectivity index (χ2v) is 5.85. The number of carbonyl (C=O) groups is 1. The molecule has 2 nitrogen and oxygen atoms in total. The number of carboxylic acid groups (broad SMARTS) is 1. The Morgan fingerprint density at radius 3 is 1.95 bits per heavy atom. The summed E-state index contributed by atoms with van der Waals surface area (Å²) < 4.78 is 0. The molecule has 0 fully saturated rings. The van der Waals surface area contributed by atoms with Crippen molar-refractivity contribution in [3.05, 3.63) is 0 Å². The largest absolute Gasteiger partial charge is 0.481 e. The van der Waals surface area contributed by atoms with Crippen molar-refractivity contribution in [3.63, 3.8) is 0 Å². The van der Waals surface area contributed by atoms with Gasteiger partial charge in [-0.25, -0.2) is 0 Å². The fraction of sp³-hybridized carbons (Fsp3) is 0.941. The Morgan fingerprint density at radius 2 is 1.37 bits per heavy atom. The predicted octanol–water partition coefficient (Wildman–Crippen LogP) is 5.80. The minimum Gasteiger partial charge on any atom is -0.481 e. The van der Waals surface area contributed by atoms with E-state index in [-0.39, 0.29) is 0 Å². The van der Waals surface area contributed by atoms with Crippen molar-refractivity contribution in [2.75, 3.05) is 0 Å². The summed E-state index contributed by atoms with van der Waals surface area (Å²) in [6.07, 6.45) is 15.7. The molecule has 2 heteroatoms. The number of hydrogen-bond donors (Lipinski definition) is 1. The first-order chi connectivity index (χ1) is 9.20. The highest BCUT2D eigenvalue weighted by atomic mass is 16.4. The molecule has 0 saturated carbocycles. The molecule has 0 aliphatic carbocycles. The molecule has 0 aliphatic rings. The van der Waals surface area contributed by atoms with Crippen LogP contribution in [-0.4, -0.2) is 11.1 Å². The molecule has 0 aliphatic heterocycles. The highest BCUT2D eigenvalue weighted by molar-refractivity contribution is 5.66. The Morgan fingerprint density at radius 1 is 0.789 bits per heavy atom. The van der Waals surface area contributed by atoms with Gasteiger partial charge in [0.2, 0.25) is 0 Å². The van der Waals surface area contributed by atoms with Gasteiger partial charge >= 0.3 is 5.97 Å². The summed E-state index contributed by atoms with van der Waals surface area (Å²) in [4.78, 5) is 10.5. The highest BCUT2D eigenvalue weighted by Gasteiger charge is 2.08. The van der Waals surface area contributed by atoms with E-state index < -0.39 is 5.97 Å². The van der Waals surface area contributed by atoms with Crippen molar-refractivity contribution in [2.24, 2.45) is 5.92 Å². The molecule has 1 N–H and O–H groups in total. The Hall–Kier alpha value is -0.530. The summed E-state index contributed by atoms with van der Waals surface area (Å²) in [5.74, 6) is 0.188. The van der Waals surface area contributed by atoms with E-state index in [1.165, 1.54) is 64.2 Å². The van der Waals surface area contributed by atoms with Crippen molar-refractivity contribution in [2.45, 2.75) is 97.3 Å². The van der Waals surface area contributed by atoms with E-state index in [0.717, 1.165) is 18.8 Å². The molecule has 1 atom stereocenters. The number of unbranched alkanes of at least 4 members (excludes halogenated alkanes) is 6. The van der Waals surface area contributed by atoms with Crippen LogP contribution in [0.1, 0.15) is 97.3 Å². The molecule has 0 heterocycles. The topological polar surface area (TPSA) is 37.3 Å². The van der Waals surface area contributed by atoms with Crippen molar-refractivity contribution in [3.8, 4) is 0 Å². The van der Waals surface area contributed by atoms with Crippen LogP contribution < -0.4 is 0 Å². The van der Waals surface area contributed by atoms with E-state index in [0.29, 0.717) is 6.42 Å². The molecular formula is C17H34O2. The maximum Gasteiger partial charge on any atom is 0.303 e. The maximum atomic E-state index is 10.5. The number of rotatable bonds is 14. The van der Waals surface area contributed by atoms with Gasteiger partial charge in [-0.1, -0.05) is 84.5 Å². The smallest absolute Gasteiger partial charge is 0.303 e. The molecule has 0 saturated heterocycles. The van der Waals surface area contributed by atoms with E-state index in [1.54, 1.807) is 0 Å². The molecule has 0 aromatic heterocycles. The third-order valence-electron chi connectivity index (χ3n) is 3.92. The minimum atomic E-state index is -0.650. The maximum absolute atomic E-state index is 10.5. The molecule has 1 unspecified atom stereocenters. The molecule has 0 bridgehead atoms. The first-order valence-electron chi connectivity index (χ1n) is 8.42. The molecule has 0 amide bonds. The summed E-state index contributed by atoms with van der Waals surface area (Å²) in [6.45, 7) is 4.51. The lowest BCUT2D eigenvalue weighted by Gasteiger charge is -2.15. The second kappa shape index (κ2) is 13.9. The van der Waals surface area contributed by atoms with Crippen LogP contribution in [-0.2, 0) is 4.79 Å². The van der Waals surface area contributed by atoms with Crippen LogP contribution in [0.15, 0.2) is 0 Å². The van der Waals surface area contributed by atoms with Crippen LogP contribution in [0, 0.1) is 5.92 Å². The van der Waals surface area contributed by atoms with Gasteiger partial charge in [0.25, 0.3) is 0 Å². The number of aliphatic carboxylic acids is 1. The zero-order chi connectivity index (χ0) is 14.3. The summed E-state index contributed by atoms with van der Waals surface area (Å²) in [5, 5.41) is 8.63. The third kappa shape index (κ3) is 13.7. The zero-order valence-electron chi connectivity index (χ0n) is 13.1. The van der Waals surface area contributed by atoms with Gasteiger partial charge < -0.3 is 5.11 Å². The van der Waals surface area contributed by atoms with Crippen molar-refractivity contribution in [1.82, 2.24) is 0 Å². The minimum absolute atomic E-state index is 0.343. The van der Waals surface area contributed by atoms with Crippen LogP contribution in [0.4, 0.5) is 0 Å². The third-order valence-corrected chi connectivity index (χ3v) is 3.92. The van der Waals surface area contributed by atoms with Gasteiger partial charge in [0, 0.05) is 6.42 Å². The van der Waals surface area contributed by atoms with Gasteiger partial charge in [-0.05, 0) is 12.3 Å². The van der Waals surface area contributed by atoms with Crippen LogP contribution in [0.3, 0.4) is 0 Å². The summed E-state index contributed by atoms with van der Waals surface area (Å²) in [7, 11) is 0. The fourth-order valence-corrected chi connectivity index (χ4v) is 2.76. The quantitative estimate of drug-likeness (QED) is 0.405. The monoisotopic (exact) mass is 270 g/mol. The number of carboxylic acids is 1. The van der Waals surface area contributed by atoms with Crippen molar-refractivity contribution < 1.29 is 9.90 Å². The molecule has 0 spiro atoms. The zero-order valence-corrected chi connectivity index (χ0v) is 13.1. The van der Waals surface area contributed by atoms with Crippen molar-refractivity contribution >= 4 is 5.97 Å². The van der Waals surface area contributed by atoms with Crippen LogP contribution in [0.25, 0.3) is 0 Å². The second-order valence-electron chi connectivity index (χ2n) is 5.85. The summed E-state index contributed by atoms with van der Waals surface area (Å²) in [6, 6.07) is 0.